The number of nitrogens with zero attached hydrogens (tertiary/aromatic N) is 1. The third-order valence-electron chi connectivity index (χ3n) is 4.65. The van der Waals surface area contributed by atoms with E-state index in [-0.39, 0.29) is 12.5 Å². The van der Waals surface area contributed by atoms with Crippen LogP contribution in [0.25, 0.3) is 0 Å². The number of carbonyl (C=O) groups is 1. The predicted octanol–water partition coefficient (Wildman–Crippen LogP) is 1.99. The monoisotopic (exact) mass is 304 g/mol. The number of carbonyl (C=O) groups excluding carboxylic acids is 1. The Balaban J connectivity index is 1.38. The molecule has 5 heteroatoms. The van der Waals surface area contributed by atoms with Gasteiger partial charge in [0.25, 0.3) is 0 Å². The van der Waals surface area contributed by atoms with Crippen LogP contribution in [0.3, 0.4) is 0 Å². The van der Waals surface area contributed by atoms with Gasteiger partial charge in [-0.1, -0.05) is 0 Å². The molecule has 0 radical (unpaired) electrons. The van der Waals surface area contributed by atoms with Crippen LogP contribution in [0.1, 0.15) is 12.8 Å². The lowest BCUT2D eigenvalue weighted by Crippen LogP contribution is -2.26. The number of hydrogen-bond acceptors (Lipinski definition) is 4. The molecule has 1 aliphatic carbocycles. The maximum atomic E-state index is 11.4. The molecule has 2 fully saturated rings. The molecular formula is C17H24N2O3. The standard InChI is InChI=1S/C17H24N2O3/c1-21-12-17(20)18-15-4-6-16(7-5-15)22-9-8-19-10-13-2-3-14(13)11-19/h4-7,13-14H,2-3,8-12H2,1H3,(H,18,20). The first-order valence-corrected chi connectivity index (χ1v) is 7.98. The SMILES string of the molecule is COCC(=O)Nc1ccc(OCCN2CC3CCC3C2)cc1. The summed E-state index contributed by atoms with van der Waals surface area (Å²) in [6.45, 7) is 4.28. The van der Waals surface area contributed by atoms with E-state index in [0.717, 1.165) is 36.4 Å². The van der Waals surface area contributed by atoms with Crippen LogP contribution in [0.4, 0.5) is 5.69 Å². The van der Waals surface area contributed by atoms with Gasteiger partial charge in [0.05, 0.1) is 0 Å². The van der Waals surface area contributed by atoms with E-state index in [2.05, 4.69) is 10.2 Å². The highest BCUT2D eigenvalue weighted by molar-refractivity contribution is 5.91. The Hall–Kier alpha value is -1.59. The van der Waals surface area contributed by atoms with Crippen molar-refractivity contribution in [2.45, 2.75) is 12.8 Å². The first kappa shape index (κ1) is 15.3. The molecule has 1 amide bonds. The van der Waals surface area contributed by atoms with E-state index in [1.165, 1.54) is 33.0 Å². The third kappa shape index (κ3) is 3.78. The van der Waals surface area contributed by atoms with Crippen molar-refractivity contribution in [2.24, 2.45) is 11.8 Å². The van der Waals surface area contributed by atoms with Crippen molar-refractivity contribution in [3.8, 4) is 5.75 Å². The average molecular weight is 304 g/mol. The Morgan fingerprint density at radius 2 is 1.91 bits per heavy atom. The van der Waals surface area contributed by atoms with Gasteiger partial charge in [-0.05, 0) is 48.9 Å². The molecule has 0 spiro atoms. The second-order valence-electron chi connectivity index (χ2n) is 6.21. The van der Waals surface area contributed by atoms with Gasteiger partial charge in [0, 0.05) is 32.4 Å². The highest BCUT2D eigenvalue weighted by Gasteiger charge is 2.38. The Kier molecular flexibility index (Phi) is 4.95. The Morgan fingerprint density at radius 1 is 1.23 bits per heavy atom. The molecule has 1 heterocycles. The highest BCUT2D eigenvalue weighted by Crippen LogP contribution is 2.40. The molecule has 1 N–H and O–H groups in total. The predicted molar refractivity (Wildman–Crippen MR) is 85.1 cm³/mol. The Labute approximate surface area is 131 Å². The molecule has 1 saturated carbocycles. The van der Waals surface area contributed by atoms with Gasteiger partial charge in [-0.15, -0.1) is 0 Å². The number of hydrogen-bond donors (Lipinski definition) is 1. The summed E-state index contributed by atoms with van der Waals surface area (Å²) >= 11 is 0. The number of anilines is 1. The van der Waals surface area contributed by atoms with Crippen LogP contribution in [-0.4, -0.2) is 50.8 Å². The molecule has 2 unspecified atom stereocenters. The van der Waals surface area contributed by atoms with Crippen LogP contribution < -0.4 is 10.1 Å². The van der Waals surface area contributed by atoms with Crippen molar-refractivity contribution in [3.05, 3.63) is 24.3 Å². The fourth-order valence-corrected chi connectivity index (χ4v) is 3.29. The molecule has 1 aliphatic heterocycles. The van der Waals surface area contributed by atoms with Gasteiger partial charge in [0.2, 0.25) is 5.91 Å². The number of benzene rings is 1. The van der Waals surface area contributed by atoms with Crippen LogP contribution >= 0.6 is 0 Å². The van der Waals surface area contributed by atoms with Crippen LogP contribution in [0.2, 0.25) is 0 Å². The molecule has 5 nitrogen and oxygen atoms in total. The number of amides is 1. The Morgan fingerprint density at radius 3 is 2.50 bits per heavy atom. The summed E-state index contributed by atoms with van der Waals surface area (Å²) in [4.78, 5) is 13.9. The number of fused-ring (bicyclic) bond motifs is 1. The number of ether oxygens (including phenoxy) is 2. The van der Waals surface area contributed by atoms with Gasteiger partial charge in [0.1, 0.15) is 19.0 Å². The maximum absolute atomic E-state index is 11.4. The molecule has 1 saturated heterocycles. The zero-order chi connectivity index (χ0) is 15.4. The van der Waals surface area contributed by atoms with Crippen molar-refractivity contribution in [1.82, 2.24) is 4.90 Å². The molecule has 2 aliphatic rings. The van der Waals surface area contributed by atoms with Crippen molar-refractivity contribution in [1.29, 1.82) is 0 Å². The fraction of sp³-hybridized carbons (Fsp3) is 0.588. The minimum absolute atomic E-state index is 0.0655. The summed E-state index contributed by atoms with van der Waals surface area (Å²) in [5.74, 6) is 2.59. The van der Waals surface area contributed by atoms with Gasteiger partial charge in [0.15, 0.2) is 0 Å². The van der Waals surface area contributed by atoms with E-state index in [1.807, 2.05) is 24.3 Å². The first-order chi connectivity index (χ1) is 10.7. The summed E-state index contributed by atoms with van der Waals surface area (Å²) in [7, 11) is 1.50. The van der Waals surface area contributed by atoms with E-state index in [0.29, 0.717) is 0 Å². The zero-order valence-electron chi connectivity index (χ0n) is 13.1. The number of nitrogens with one attached hydrogen (secondary N) is 1. The third-order valence-corrected chi connectivity index (χ3v) is 4.65. The van der Waals surface area contributed by atoms with Crippen molar-refractivity contribution in [3.63, 3.8) is 0 Å². The minimum Gasteiger partial charge on any atom is -0.492 e. The van der Waals surface area contributed by atoms with Gasteiger partial charge < -0.3 is 14.8 Å². The van der Waals surface area contributed by atoms with E-state index in [1.54, 1.807) is 0 Å². The summed E-state index contributed by atoms with van der Waals surface area (Å²) < 4.78 is 10.6. The lowest BCUT2D eigenvalue weighted by Gasteiger charge is -2.28. The van der Waals surface area contributed by atoms with Crippen LogP contribution in [0.15, 0.2) is 24.3 Å². The fourth-order valence-electron chi connectivity index (χ4n) is 3.29. The minimum atomic E-state index is -0.153. The largest absolute Gasteiger partial charge is 0.492 e. The second kappa shape index (κ2) is 7.11. The summed E-state index contributed by atoms with van der Waals surface area (Å²) in [5, 5.41) is 2.76. The van der Waals surface area contributed by atoms with Crippen LogP contribution in [0, 0.1) is 11.8 Å². The lowest BCUT2D eigenvalue weighted by molar-refractivity contribution is -0.119. The maximum Gasteiger partial charge on any atom is 0.250 e. The lowest BCUT2D eigenvalue weighted by atomic mass is 9.77. The van der Waals surface area contributed by atoms with Crippen LogP contribution in [-0.2, 0) is 9.53 Å². The molecule has 2 atom stereocenters. The second-order valence-corrected chi connectivity index (χ2v) is 6.21. The number of methoxy groups -OCH3 is 1. The molecule has 0 bridgehead atoms. The average Bonchev–Trinajstić information content (AvgIpc) is 2.77. The first-order valence-electron chi connectivity index (χ1n) is 7.98. The van der Waals surface area contributed by atoms with Gasteiger partial charge in [-0.2, -0.15) is 0 Å². The molecule has 3 rings (SSSR count). The van der Waals surface area contributed by atoms with Crippen molar-refractivity contribution >= 4 is 11.6 Å². The molecule has 120 valence electrons. The van der Waals surface area contributed by atoms with Gasteiger partial charge >= 0.3 is 0 Å². The van der Waals surface area contributed by atoms with Gasteiger partial charge in [-0.25, -0.2) is 0 Å². The van der Waals surface area contributed by atoms with E-state index in [9.17, 15) is 4.79 Å². The molecule has 22 heavy (non-hydrogen) atoms. The van der Waals surface area contributed by atoms with Crippen LogP contribution in [0.5, 0.6) is 5.75 Å². The molecule has 1 aromatic carbocycles. The normalized spacial score (nSPS) is 23.7. The smallest absolute Gasteiger partial charge is 0.250 e. The molecule has 1 aromatic rings. The Bertz CT molecular complexity index is 491. The summed E-state index contributed by atoms with van der Waals surface area (Å²) in [5.41, 5.74) is 0.755. The zero-order valence-corrected chi connectivity index (χ0v) is 13.1. The molecular weight excluding hydrogens is 280 g/mol. The topological polar surface area (TPSA) is 50.8 Å². The van der Waals surface area contributed by atoms with Gasteiger partial charge in [-0.3, -0.25) is 9.69 Å². The van der Waals surface area contributed by atoms with E-state index < -0.39 is 0 Å². The van der Waals surface area contributed by atoms with Crippen molar-refractivity contribution < 1.29 is 14.3 Å². The van der Waals surface area contributed by atoms with E-state index >= 15 is 0 Å². The number of rotatable bonds is 7. The highest BCUT2D eigenvalue weighted by atomic mass is 16.5. The quantitative estimate of drug-likeness (QED) is 0.837. The van der Waals surface area contributed by atoms with Crippen molar-refractivity contribution in [2.75, 3.05) is 45.3 Å². The number of likely N-dealkylation sites (tertiary alicyclic amines) is 1. The molecule has 0 aromatic heterocycles. The summed E-state index contributed by atoms with van der Waals surface area (Å²) in [6, 6.07) is 7.46. The summed E-state index contributed by atoms with van der Waals surface area (Å²) in [6.07, 6.45) is 2.83. The van der Waals surface area contributed by atoms with E-state index in [4.69, 9.17) is 9.47 Å².